The van der Waals surface area contributed by atoms with E-state index in [9.17, 15) is 8.78 Å². The van der Waals surface area contributed by atoms with Gasteiger partial charge in [0, 0.05) is 6.42 Å². The number of alkyl halides is 2. The predicted octanol–water partition coefficient (Wildman–Crippen LogP) is 4.26. The van der Waals surface area contributed by atoms with Gasteiger partial charge >= 0.3 is 6.61 Å². The molecule has 2 N–H and O–H groups in total. The van der Waals surface area contributed by atoms with E-state index < -0.39 is 6.61 Å². The lowest BCUT2D eigenvalue weighted by Gasteiger charge is -2.06. The van der Waals surface area contributed by atoms with Crippen LogP contribution < -0.4 is 10.5 Å². The van der Waals surface area contributed by atoms with Crippen molar-refractivity contribution in [3.05, 3.63) is 30.0 Å². The summed E-state index contributed by atoms with van der Waals surface area (Å²) in [6.07, 6.45) is 3.95. The molecule has 0 bridgehead atoms. The number of rotatable bonds is 7. The number of halogens is 2. The summed E-state index contributed by atoms with van der Waals surface area (Å²) in [5.41, 5.74) is 7.35. The average molecular weight is 296 g/mol. The Morgan fingerprint density at radius 3 is 2.57 bits per heavy atom. The van der Waals surface area contributed by atoms with Crippen LogP contribution in [0.25, 0.3) is 11.1 Å². The Morgan fingerprint density at radius 1 is 1.24 bits per heavy atom. The molecule has 21 heavy (non-hydrogen) atoms. The van der Waals surface area contributed by atoms with Crippen LogP contribution in [0, 0.1) is 0 Å². The van der Waals surface area contributed by atoms with Gasteiger partial charge in [-0.2, -0.15) is 8.78 Å². The molecular formula is C15H18F2N2O2. The van der Waals surface area contributed by atoms with Crippen LogP contribution in [0.3, 0.4) is 0 Å². The van der Waals surface area contributed by atoms with Gasteiger partial charge in [-0.25, -0.2) is 0 Å². The van der Waals surface area contributed by atoms with Crippen molar-refractivity contribution in [2.75, 3.05) is 5.73 Å². The van der Waals surface area contributed by atoms with Crippen LogP contribution in [0.15, 0.2) is 28.8 Å². The zero-order valence-corrected chi connectivity index (χ0v) is 11.8. The zero-order valence-electron chi connectivity index (χ0n) is 11.8. The van der Waals surface area contributed by atoms with Crippen LogP contribution in [-0.4, -0.2) is 11.8 Å². The van der Waals surface area contributed by atoms with E-state index in [4.69, 9.17) is 10.3 Å². The van der Waals surface area contributed by atoms with Gasteiger partial charge in [0.25, 0.3) is 0 Å². The highest BCUT2D eigenvalue weighted by Crippen LogP contribution is 2.32. The number of nitrogens with two attached hydrogens (primary N) is 1. The monoisotopic (exact) mass is 296 g/mol. The summed E-state index contributed by atoms with van der Waals surface area (Å²) in [4.78, 5) is 0. The molecule has 0 saturated carbocycles. The number of nitrogen functional groups attached to an aromatic ring is 1. The maximum absolute atomic E-state index is 12.1. The maximum atomic E-state index is 12.1. The normalized spacial score (nSPS) is 11.0. The SMILES string of the molecule is CCCCCc1onc(N)c1-c1ccc(OC(F)F)cc1. The molecule has 114 valence electrons. The van der Waals surface area contributed by atoms with E-state index in [1.807, 2.05) is 0 Å². The molecule has 6 heteroatoms. The smallest absolute Gasteiger partial charge is 0.387 e. The minimum absolute atomic E-state index is 0.108. The number of ether oxygens (including phenoxy) is 1. The molecule has 0 aliphatic rings. The van der Waals surface area contributed by atoms with Crippen LogP contribution in [0.2, 0.25) is 0 Å². The molecule has 1 heterocycles. The summed E-state index contributed by atoms with van der Waals surface area (Å²) in [7, 11) is 0. The van der Waals surface area contributed by atoms with Gasteiger partial charge in [0.15, 0.2) is 5.82 Å². The van der Waals surface area contributed by atoms with Gasteiger partial charge < -0.3 is 15.0 Å². The summed E-state index contributed by atoms with van der Waals surface area (Å²) >= 11 is 0. The highest BCUT2D eigenvalue weighted by molar-refractivity contribution is 5.75. The third-order valence-corrected chi connectivity index (χ3v) is 3.16. The van der Waals surface area contributed by atoms with Gasteiger partial charge in [0.1, 0.15) is 11.5 Å². The fraction of sp³-hybridized carbons (Fsp3) is 0.400. The van der Waals surface area contributed by atoms with Crippen molar-refractivity contribution in [1.82, 2.24) is 5.16 Å². The van der Waals surface area contributed by atoms with Crippen molar-refractivity contribution in [2.24, 2.45) is 0 Å². The highest BCUT2D eigenvalue weighted by Gasteiger charge is 2.16. The number of benzene rings is 1. The van der Waals surface area contributed by atoms with Crippen LogP contribution in [-0.2, 0) is 6.42 Å². The molecule has 0 atom stereocenters. The Morgan fingerprint density at radius 2 is 1.95 bits per heavy atom. The quantitative estimate of drug-likeness (QED) is 0.775. The molecule has 1 aromatic heterocycles. The molecule has 0 fully saturated rings. The Balaban J connectivity index is 2.18. The second-order valence-corrected chi connectivity index (χ2v) is 4.73. The van der Waals surface area contributed by atoms with E-state index in [-0.39, 0.29) is 5.75 Å². The Hall–Kier alpha value is -2.11. The van der Waals surface area contributed by atoms with Crippen molar-refractivity contribution < 1.29 is 18.0 Å². The number of aromatic nitrogens is 1. The summed E-state index contributed by atoms with van der Waals surface area (Å²) in [6.45, 7) is -0.710. The minimum Gasteiger partial charge on any atom is -0.435 e. The van der Waals surface area contributed by atoms with Gasteiger partial charge in [0.05, 0.1) is 5.56 Å². The Bertz CT molecular complexity index is 568. The van der Waals surface area contributed by atoms with E-state index in [1.54, 1.807) is 12.1 Å². The van der Waals surface area contributed by atoms with Gasteiger partial charge in [-0.1, -0.05) is 37.1 Å². The largest absolute Gasteiger partial charge is 0.435 e. The predicted molar refractivity (Wildman–Crippen MR) is 76.2 cm³/mol. The fourth-order valence-electron chi connectivity index (χ4n) is 2.16. The van der Waals surface area contributed by atoms with E-state index >= 15 is 0 Å². The minimum atomic E-state index is -2.83. The second-order valence-electron chi connectivity index (χ2n) is 4.73. The summed E-state index contributed by atoms with van der Waals surface area (Å²) < 4.78 is 33.8. The van der Waals surface area contributed by atoms with Crippen molar-refractivity contribution in [1.29, 1.82) is 0 Å². The molecule has 1 aromatic carbocycles. The maximum Gasteiger partial charge on any atom is 0.387 e. The number of anilines is 1. The first-order valence-corrected chi connectivity index (χ1v) is 6.91. The summed E-state index contributed by atoms with van der Waals surface area (Å²) in [6, 6.07) is 6.29. The first-order chi connectivity index (χ1) is 10.1. The molecule has 0 amide bonds. The zero-order chi connectivity index (χ0) is 15.2. The van der Waals surface area contributed by atoms with Crippen molar-refractivity contribution >= 4 is 5.82 Å². The highest BCUT2D eigenvalue weighted by atomic mass is 19.3. The first-order valence-electron chi connectivity index (χ1n) is 6.91. The molecule has 0 radical (unpaired) electrons. The Labute approximate surface area is 121 Å². The molecule has 0 saturated heterocycles. The fourth-order valence-corrected chi connectivity index (χ4v) is 2.16. The van der Waals surface area contributed by atoms with E-state index in [2.05, 4.69) is 16.8 Å². The molecule has 4 nitrogen and oxygen atoms in total. The van der Waals surface area contributed by atoms with Gasteiger partial charge in [0.2, 0.25) is 0 Å². The topological polar surface area (TPSA) is 61.3 Å². The summed E-state index contributed by atoms with van der Waals surface area (Å²) in [5.74, 6) is 1.14. The lowest BCUT2D eigenvalue weighted by atomic mass is 10.0. The lowest BCUT2D eigenvalue weighted by Crippen LogP contribution is -2.01. The molecule has 2 rings (SSSR count). The van der Waals surface area contributed by atoms with E-state index in [1.165, 1.54) is 12.1 Å². The molecule has 0 aliphatic carbocycles. The number of aryl methyl sites for hydroxylation is 1. The standard InChI is InChI=1S/C15H18F2N2O2/c1-2-3-4-5-12-13(14(18)19-21-12)10-6-8-11(9-7-10)20-15(16)17/h6-9,15H,2-5H2,1H3,(H2,18,19). The number of nitrogens with zero attached hydrogens (tertiary/aromatic N) is 1. The van der Waals surface area contributed by atoms with E-state index in [0.29, 0.717) is 5.82 Å². The van der Waals surface area contributed by atoms with Gasteiger partial charge in [-0.15, -0.1) is 0 Å². The number of hydrogen-bond donors (Lipinski definition) is 1. The lowest BCUT2D eigenvalue weighted by molar-refractivity contribution is -0.0498. The number of hydrogen-bond acceptors (Lipinski definition) is 4. The van der Waals surface area contributed by atoms with Crippen molar-refractivity contribution in [2.45, 2.75) is 39.2 Å². The van der Waals surface area contributed by atoms with Crippen LogP contribution in [0.5, 0.6) is 5.75 Å². The van der Waals surface area contributed by atoms with Crippen LogP contribution >= 0.6 is 0 Å². The molecule has 0 aliphatic heterocycles. The third-order valence-electron chi connectivity index (χ3n) is 3.16. The Kier molecular flexibility index (Phi) is 5.14. The molecular weight excluding hydrogens is 278 g/mol. The average Bonchev–Trinajstić information content (AvgIpc) is 2.81. The number of unbranched alkanes of at least 4 members (excludes halogenated alkanes) is 2. The molecule has 0 unspecified atom stereocenters. The molecule has 0 spiro atoms. The second kappa shape index (κ2) is 7.06. The molecule has 2 aromatic rings. The van der Waals surface area contributed by atoms with Gasteiger partial charge in [-0.05, 0) is 24.1 Å². The summed E-state index contributed by atoms with van der Waals surface area (Å²) in [5, 5.41) is 3.79. The van der Waals surface area contributed by atoms with Crippen LogP contribution in [0.1, 0.15) is 31.9 Å². The first kappa shape index (κ1) is 15.3. The van der Waals surface area contributed by atoms with Gasteiger partial charge in [-0.3, -0.25) is 0 Å². The van der Waals surface area contributed by atoms with Crippen molar-refractivity contribution in [3.8, 4) is 16.9 Å². The third kappa shape index (κ3) is 3.93. The van der Waals surface area contributed by atoms with Crippen molar-refractivity contribution in [3.63, 3.8) is 0 Å². The van der Waals surface area contributed by atoms with Crippen LogP contribution in [0.4, 0.5) is 14.6 Å². The van der Waals surface area contributed by atoms with E-state index in [0.717, 1.165) is 42.6 Å².